The number of methoxy groups -OCH3 is 1. The Morgan fingerprint density at radius 1 is 1.23 bits per heavy atom. The summed E-state index contributed by atoms with van der Waals surface area (Å²) in [5.74, 6) is -0.329. The average molecular weight is 354 g/mol. The van der Waals surface area contributed by atoms with E-state index in [4.69, 9.17) is 4.74 Å². The molecule has 1 heterocycles. The lowest BCUT2D eigenvalue weighted by Gasteiger charge is -2.33. The van der Waals surface area contributed by atoms with Crippen LogP contribution in [-0.2, 0) is 4.74 Å². The fraction of sp³-hybridized carbons (Fsp3) is 0.381. The molecule has 0 unspecified atom stereocenters. The molecule has 1 aliphatic heterocycles. The molecule has 26 heavy (non-hydrogen) atoms. The van der Waals surface area contributed by atoms with Gasteiger partial charge in [0.05, 0.1) is 24.8 Å². The van der Waals surface area contributed by atoms with Crippen LogP contribution in [0.5, 0.6) is 0 Å². The highest BCUT2D eigenvalue weighted by Crippen LogP contribution is 2.28. The Hall–Kier alpha value is -2.37. The molecule has 2 aromatic rings. The lowest BCUT2D eigenvalue weighted by molar-refractivity contribution is 0.0600. The minimum atomic E-state index is -0.329. The van der Waals surface area contributed by atoms with Crippen molar-refractivity contribution < 1.29 is 14.6 Å². The lowest BCUT2D eigenvalue weighted by atomic mass is 10.0. The quantitative estimate of drug-likeness (QED) is 0.809. The second-order valence-electron chi connectivity index (χ2n) is 6.78. The van der Waals surface area contributed by atoms with Crippen LogP contribution in [0.25, 0.3) is 0 Å². The Labute approximate surface area is 154 Å². The predicted octanol–water partition coefficient (Wildman–Crippen LogP) is 2.72. The van der Waals surface area contributed by atoms with E-state index in [-0.39, 0.29) is 18.1 Å². The van der Waals surface area contributed by atoms with E-state index >= 15 is 0 Å². The Kier molecular flexibility index (Phi) is 5.91. The van der Waals surface area contributed by atoms with Crippen LogP contribution < -0.4 is 4.90 Å². The summed E-state index contributed by atoms with van der Waals surface area (Å²) in [6.07, 6.45) is 0.607. The maximum atomic E-state index is 11.6. The van der Waals surface area contributed by atoms with E-state index in [1.165, 1.54) is 12.7 Å². The topological polar surface area (TPSA) is 53.0 Å². The number of β-amino-alcohol motifs (C(OH)–C–C–N with tert-alkyl or cyclic N) is 1. The molecule has 2 atom stereocenters. The fourth-order valence-corrected chi connectivity index (χ4v) is 3.48. The zero-order valence-corrected chi connectivity index (χ0v) is 15.3. The number of aliphatic hydroxyl groups excluding tert-OH is 1. The van der Waals surface area contributed by atoms with Crippen molar-refractivity contribution in [2.45, 2.75) is 18.6 Å². The first-order valence-corrected chi connectivity index (χ1v) is 8.95. The molecular formula is C21H26N2O3. The highest BCUT2D eigenvalue weighted by atomic mass is 16.5. The van der Waals surface area contributed by atoms with Gasteiger partial charge in [-0.2, -0.15) is 0 Å². The van der Waals surface area contributed by atoms with Crippen LogP contribution in [-0.4, -0.2) is 55.9 Å². The van der Waals surface area contributed by atoms with Crippen molar-refractivity contribution >= 4 is 11.7 Å². The molecule has 1 aliphatic rings. The number of likely N-dealkylation sites (N-methyl/N-ethyl adjacent to an activating group) is 1. The van der Waals surface area contributed by atoms with Gasteiger partial charge in [0.25, 0.3) is 0 Å². The van der Waals surface area contributed by atoms with E-state index in [0.717, 1.165) is 31.7 Å². The van der Waals surface area contributed by atoms with Crippen LogP contribution in [0.2, 0.25) is 0 Å². The zero-order chi connectivity index (χ0) is 18.5. The molecule has 5 nitrogen and oxygen atoms in total. The maximum Gasteiger partial charge on any atom is 0.337 e. The van der Waals surface area contributed by atoms with Crippen LogP contribution in [0.3, 0.4) is 0 Å². The monoisotopic (exact) mass is 354 g/mol. The van der Waals surface area contributed by atoms with Crippen LogP contribution in [0, 0.1) is 0 Å². The molecular weight excluding hydrogens is 328 g/mol. The minimum Gasteiger partial charge on any atom is -0.465 e. The molecule has 1 saturated heterocycles. The molecule has 2 aromatic carbocycles. The Morgan fingerprint density at radius 3 is 2.50 bits per heavy atom. The van der Waals surface area contributed by atoms with Crippen LogP contribution in [0.15, 0.2) is 54.6 Å². The van der Waals surface area contributed by atoms with Gasteiger partial charge in [-0.1, -0.05) is 30.3 Å². The number of hydrogen-bond acceptors (Lipinski definition) is 5. The third-order valence-corrected chi connectivity index (χ3v) is 5.03. The molecule has 0 amide bonds. The SMILES string of the molecule is COC(=O)c1ccc(N(C)[C@H](CN2CC[C@H](O)C2)c2ccccc2)cc1. The molecule has 0 aliphatic carbocycles. The summed E-state index contributed by atoms with van der Waals surface area (Å²) in [6, 6.07) is 18.0. The summed E-state index contributed by atoms with van der Waals surface area (Å²) >= 11 is 0. The highest BCUT2D eigenvalue weighted by Gasteiger charge is 2.26. The Morgan fingerprint density at radius 2 is 1.92 bits per heavy atom. The summed E-state index contributed by atoms with van der Waals surface area (Å²) in [7, 11) is 3.45. The Bertz CT molecular complexity index is 718. The van der Waals surface area contributed by atoms with Gasteiger partial charge in [0.1, 0.15) is 0 Å². The third kappa shape index (κ3) is 4.23. The van der Waals surface area contributed by atoms with Gasteiger partial charge in [0.2, 0.25) is 0 Å². The summed E-state index contributed by atoms with van der Waals surface area (Å²) < 4.78 is 4.77. The standard InChI is InChI=1S/C21H26N2O3/c1-22(18-10-8-17(9-11-18)21(25)26-2)20(16-6-4-3-5-7-16)15-23-13-12-19(24)14-23/h3-11,19-20,24H,12-15H2,1-2H3/t19-,20+/m0/s1. The van der Waals surface area contributed by atoms with E-state index in [2.05, 4.69) is 41.1 Å². The van der Waals surface area contributed by atoms with Crippen LogP contribution in [0.4, 0.5) is 5.69 Å². The molecule has 1 fully saturated rings. The van der Waals surface area contributed by atoms with Crippen molar-refractivity contribution in [3.63, 3.8) is 0 Å². The van der Waals surface area contributed by atoms with E-state index in [1.807, 2.05) is 18.2 Å². The first-order chi connectivity index (χ1) is 12.6. The number of likely N-dealkylation sites (tertiary alicyclic amines) is 1. The number of aliphatic hydroxyl groups is 1. The molecule has 1 N–H and O–H groups in total. The normalized spacial score (nSPS) is 18.5. The number of esters is 1. The van der Waals surface area contributed by atoms with Crippen molar-refractivity contribution in [3.05, 3.63) is 65.7 Å². The molecule has 0 bridgehead atoms. The number of benzene rings is 2. The highest BCUT2D eigenvalue weighted by molar-refractivity contribution is 5.89. The summed E-state index contributed by atoms with van der Waals surface area (Å²) in [5, 5.41) is 9.85. The molecule has 0 radical (unpaired) electrons. The second-order valence-corrected chi connectivity index (χ2v) is 6.78. The minimum absolute atomic E-state index is 0.158. The molecule has 5 heteroatoms. The van der Waals surface area contributed by atoms with E-state index in [9.17, 15) is 9.90 Å². The van der Waals surface area contributed by atoms with Crippen molar-refractivity contribution in [2.75, 3.05) is 38.7 Å². The molecule has 3 rings (SSSR count). The summed E-state index contributed by atoms with van der Waals surface area (Å²) in [6.45, 7) is 2.48. The van der Waals surface area contributed by atoms with Gasteiger partial charge >= 0.3 is 5.97 Å². The fourth-order valence-electron chi connectivity index (χ4n) is 3.48. The van der Waals surface area contributed by atoms with E-state index in [0.29, 0.717) is 5.56 Å². The van der Waals surface area contributed by atoms with Gasteiger partial charge in [-0.25, -0.2) is 4.79 Å². The van der Waals surface area contributed by atoms with E-state index < -0.39 is 0 Å². The van der Waals surface area contributed by atoms with E-state index in [1.54, 1.807) is 12.1 Å². The summed E-state index contributed by atoms with van der Waals surface area (Å²) in [5.41, 5.74) is 2.81. The van der Waals surface area contributed by atoms with Crippen molar-refractivity contribution in [1.82, 2.24) is 4.90 Å². The van der Waals surface area contributed by atoms with Gasteiger partial charge in [0.15, 0.2) is 0 Å². The number of ether oxygens (including phenoxy) is 1. The average Bonchev–Trinajstić information content (AvgIpc) is 3.10. The largest absolute Gasteiger partial charge is 0.465 e. The zero-order valence-electron chi connectivity index (χ0n) is 15.3. The maximum absolute atomic E-state index is 11.6. The van der Waals surface area contributed by atoms with Crippen molar-refractivity contribution in [1.29, 1.82) is 0 Å². The first-order valence-electron chi connectivity index (χ1n) is 8.95. The Balaban J connectivity index is 1.82. The smallest absolute Gasteiger partial charge is 0.337 e. The third-order valence-electron chi connectivity index (χ3n) is 5.03. The summed E-state index contributed by atoms with van der Waals surface area (Å²) in [4.78, 5) is 16.2. The van der Waals surface area contributed by atoms with Gasteiger partial charge in [-0.15, -0.1) is 0 Å². The number of hydrogen-bond donors (Lipinski definition) is 1. The number of carbonyl (C=O) groups excluding carboxylic acids is 1. The molecule has 0 spiro atoms. The second kappa shape index (κ2) is 8.34. The number of anilines is 1. The van der Waals surface area contributed by atoms with Crippen molar-refractivity contribution in [3.8, 4) is 0 Å². The number of carbonyl (C=O) groups is 1. The number of rotatable bonds is 6. The van der Waals surface area contributed by atoms with Gasteiger partial charge in [-0.05, 0) is 36.2 Å². The predicted molar refractivity (Wildman–Crippen MR) is 102 cm³/mol. The van der Waals surface area contributed by atoms with Crippen LogP contribution >= 0.6 is 0 Å². The molecule has 0 aromatic heterocycles. The van der Waals surface area contributed by atoms with Gasteiger partial charge in [0, 0.05) is 32.4 Å². The van der Waals surface area contributed by atoms with Crippen molar-refractivity contribution in [2.24, 2.45) is 0 Å². The van der Waals surface area contributed by atoms with Crippen LogP contribution in [0.1, 0.15) is 28.4 Å². The van der Waals surface area contributed by atoms with Gasteiger partial charge < -0.3 is 14.7 Å². The number of nitrogens with zero attached hydrogens (tertiary/aromatic N) is 2. The molecule has 138 valence electrons. The lowest BCUT2D eigenvalue weighted by Crippen LogP contribution is -2.36. The molecule has 0 saturated carbocycles. The first kappa shape index (κ1) is 18.4. The van der Waals surface area contributed by atoms with Gasteiger partial charge in [-0.3, -0.25) is 4.90 Å².